The Bertz CT molecular complexity index is 454. The second-order valence-electron chi connectivity index (χ2n) is 7.00. The summed E-state index contributed by atoms with van der Waals surface area (Å²) in [6.07, 6.45) is 3.68. The normalized spacial score (nSPS) is 30.0. The summed E-state index contributed by atoms with van der Waals surface area (Å²) in [6, 6.07) is 1.33. The third-order valence-corrected chi connectivity index (χ3v) is 4.16. The number of nitrogens with zero attached hydrogens (tertiary/aromatic N) is 3. The van der Waals surface area contributed by atoms with Gasteiger partial charge in [0.25, 0.3) is 0 Å². The van der Waals surface area contributed by atoms with Gasteiger partial charge >= 0.3 is 6.01 Å². The highest BCUT2D eigenvalue weighted by molar-refractivity contribution is 5.33. The van der Waals surface area contributed by atoms with Gasteiger partial charge in [0.2, 0.25) is 5.89 Å². The average Bonchev–Trinajstić information content (AvgIpc) is 2.89. The summed E-state index contributed by atoms with van der Waals surface area (Å²) in [6.45, 7) is 6.91. The monoisotopic (exact) mass is 280 g/mol. The van der Waals surface area contributed by atoms with Gasteiger partial charge in [-0.2, -0.15) is 0 Å². The van der Waals surface area contributed by atoms with Crippen molar-refractivity contribution in [2.75, 3.05) is 4.90 Å². The van der Waals surface area contributed by atoms with Gasteiger partial charge in [0.05, 0.1) is 12.6 Å². The van der Waals surface area contributed by atoms with Gasteiger partial charge in [-0.05, 0) is 46.5 Å². The molecule has 2 N–H and O–H groups in total. The van der Waals surface area contributed by atoms with Crippen LogP contribution in [0.4, 0.5) is 6.01 Å². The number of hydrogen-bond acceptors (Lipinski definition) is 6. The highest BCUT2D eigenvalue weighted by atomic mass is 16.4. The molecule has 6 nitrogen and oxygen atoms in total. The lowest BCUT2D eigenvalue weighted by atomic mass is 10.0. The second kappa shape index (κ2) is 5.00. The molecule has 1 aromatic heterocycles. The predicted molar refractivity (Wildman–Crippen MR) is 75.4 cm³/mol. The third kappa shape index (κ3) is 2.81. The first-order chi connectivity index (χ1) is 9.42. The van der Waals surface area contributed by atoms with Crippen LogP contribution in [-0.4, -0.2) is 39.0 Å². The highest BCUT2D eigenvalue weighted by Crippen LogP contribution is 2.38. The molecule has 0 spiro atoms. The predicted octanol–water partition coefficient (Wildman–Crippen LogP) is 1.45. The molecule has 112 valence electrons. The van der Waals surface area contributed by atoms with E-state index in [-0.39, 0.29) is 11.6 Å². The zero-order valence-electron chi connectivity index (χ0n) is 12.5. The summed E-state index contributed by atoms with van der Waals surface area (Å²) >= 11 is 0. The Labute approximate surface area is 119 Å². The molecular formula is C14H24N4O2. The van der Waals surface area contributed by atoms with Crippen molar-refractivity contribution in [1.29, 1.82) is 0 Å². The van der Waals surface area contributed by atoms with E-state index >= 15 is 0 Å². The van der Waals surface area contributed by atoms with Crippen LogP contribution in [0.5, 0.6) is 0 Å². The number of nitrogens with one attached hydrogen (secondary N) is 1. The highest BCUT2D eigenvalue weighted by Gasteiger charge is 2.42. The van der Waals surface area contributed by atoms with Gasteiger partial charge in [-0.1, -0.05) is 5.10 Å². The van der Waals surface area contributed by atoms with Crippen LogP contribution in [0.1, 0.15) is 52.3 Å². The number of piperidine rings is 1. The Hall–Kier alpha value is -1.14. The van der Waals surface area contributed by atoms with Gasteiger partial charge in [-0.3, -0.25) is 0 Å². The molecule has 2 aliphatic rings. The molecule has 0 saturated carbocycles. The maximum atomic E-state index is 9.83. The van der Waals surface area contributed by atoms with E-state index in [4.69, 9.17) is 4.42 Å². The van der Waals surface area contributed by atoms with E-state index in [1.807, 2.05) is 0 Å². The lowest BCUT2D eigenvalue weighted by Gasteiger charge is -2.35. The minimum atomic E-state index is -0.173. The largest absolute Gasteiger partial charge is 0.407 e. The lowest BCUT2D eigenvalue weighted by molar-refractivity contribution is 0.124. The topological polar surface area (TPSA) is 74.4 Å². The summed E-state index contributed by atoms with van der Waals surface area (Å²) in [5.74, 6) is 0.625. The number of aromatic nitrogens is 2. The first-order valence-corrected chi connectivity index (χ1v) is 7.46. The quantitative estimate of drug-likeness (QED) is 0.873. The molecule has 20 heavy (non-hydrogen) atoms. The summed E-state index contributed by atoms with van der Waals surface area (Å²) in [7, 11) is 0. The zero-order valence-corrected chi connectivity index (χ0v) is 12.5. The molecule has 2 bridgehead atoms. The van der Waals surface area contributed by atoms with Crippen LogP contribution in [-0.2, 0) is 6.54 Å². The standard InChI is InChI=1S/C14H24N4O2/c1-14(2,3)15-8-12-16-17-13(20-12)18-9-4-5-10(18)7-11(19)6-9/h9-11,15,19H,4-8H2,1-3H3. The van der Waals surface area contributed by atoms with Crippen molar-refractivity contribution in [2.24, 2.45) is 0 Å². The van der Waals surface area contributed by atoms with E-state index in [0.717, 1.165) is 25.7 Å². The number of hydrogen-bond donors (Lipinski definition) is 2. The van der Waals surface area contributed by atoms with Crippen molar-refractivity contribution in [3.63, 3.8) is 0 Å². The van der Waals surface area contributed by atoms with E-state index in [1.165, 1.54) is 0 Å². The maximum Gasteiger partial charge on any atom is 0.318 e. The SMILES string of the molecule is CC(C)(C)NCc1nnc(N2C3CCC2CC(O)C3)o1. The summed E-state index contributed by atoms with van der Waals surface area (Å²) in [5.41, 5.74) is 0.0306. The first-order valence-electron chi connectivity index (χ1n) is 7.46. The van der Waals surface area contributed by atoms with Crippen molar-refractivity contribution < 1.29 is 9.52 Å². The number of rotatable bonds is 3. The smallest absolute Gasteiger partial charge is 0.318 e. The van der Waals surface area contributed by atoms with Gasteiger partial charge in [0.1, 0.15) is 0 Å². The van der Waals surface area contributed by atoms with E-state index in [9.17, 15) is 5.11 Å². The van der Waals surface area contributed by atoms with Crippen LogP contribution in [0.15, 0.2) is 4.42 Å². The minimum Gasteiger partial charge on any atom is -0.407 e. The van der Waals surface area contributed by atoms with E-state index in [0.29, 0.717) is 30.5 Å². The fourth-order valence-electron chi connectivity index (χ4n) is 3.22. The van der Waals surface area contributed by atoms with Crippen LogP contribution in [0.3, 0.4) is 0 Å². The first kappa shape index (κ1) is 13.8. The average molecular weight is 280 g/mol. The van der Waals surface area contributed by atoms with Crippen LogP contribution >= 0.6 is 0 Å². The summed E-state index contributed by atoms with van der Waals surface area (Å²) in [5, 5.41) is 21.5. The van der Waals surface area contributed by atoms with Gasteiger partial charge in [0, 0.05) is 17.6 Å². The molecule has 0 aliphatic carbocycles. The van der Waals surface area contributed by atoms with Crippen LogP contribution in [0.2, 0.25) is 0 Å². The van der Waals surface area contributed by atoms with Crippen molar-refractivity contribution in [3.8, 4) is 0 Å². The Morgan fingerprint density at radius 3 is 2.50 bits per heavy atom. The van der Waals surface area contributed by atoms with Crippen LogP contribution in [0, 0.1) is 0 Å². The van der Waals surface area contributed by atoms with Crippen LogP contribution in [0.25, 0.3) is 0 Å². The fraction of sp³-hybridized carbons (Fsp3) is 0.857. The second-order valence-corrected chi connectivity index (χ2v) is 7.00. The Morgan fingerprint density at radius 2 is 1.90 bits per heavy atom. The molecule has 2 fully saturated rings. The van der Waals surface area contributed by atoms with Gasteiger partial charge < -0.3 is 19.7 Å². The lowest BCUT2D eigenvalue weighted by Crippen LogP contribution is -2.45. The van der Waals surface area contributed by atoms with Crippen molar-refractivity contribution in [1.82, 2.24) is 15.5 Å². The van der Waals surface area contributed by atoms with Crippen LogP contribution < -0.4 is 10.2 Å². The number of aliphatic hydroxyl groups excluding tert-OH is 1. The molecule has 0 radical (unpaired) electrons. The molecule has 3 rings (SSSR count). The van der Waals surface area contributed by atoms with Crippen molar-refractivity contribution in [2.45, 2.75) is 76.7 Å². The molecule has 1 aromatic rings. The Morgan fingerprint density at radius 1 is 1.25 bits per heavy atom. The van der Waals surface area contributed by atoms with E-state index in [2.05, 4.69) is 41.2 Å². The molecule has 2 atom stereocenters. The molecule has 2 aliphatic heterocycles. The third-order valence-electron chi connectivity index (χ3n) is 4.16. The fourth-order valence-corrected chi connectivity index (χ4v) is 3.22. The molecule has 6 heteroatoms. The zero-order chi connectivity index (χ0) is 14.3. The molecule has 2 unspecified atom stereocenters. The molecular weight excluding hydrogens is 256 g/mol. The molecule has 0 amide bonds. The van der Waals surface area contributed by atoms with Crippen molar-refractivity contribution in [3.05, 3.63) is 5.89 Å². The number of fused-ring (bicyclic) bond motifs is 2. The maximum absolute atomic E-state index is 9.83. The summed E-state index contributed by atoms with van der Waals surface area (Å²) in [4.78, 5) is 2.22. The Balaban J connectivity index is 1.68. The summed E-state index contributed by atoms with van der Waals surface area (Å²) < 4.78 is 5.79. The minimum absolute atomic E-state index is 0.0306. The molecule has 0 aromatic carbocycles. The number of aliphatic hydroxyl groups is 1. The van der Waals surface area contributed by atoms with E-state index < -0.39 is 0 Å². The number of anilines is 1. The molecule has 3 heterocycles. The van der Waals surface area contributed by atoms with E-state index in [1.54, 1.807) is 0 Å². The van der Waals surface area contributed by atoms with Gasteiger partial charge in [-0.25, -0.2) is 0 Å². The van der Waals surface area contributed by atoms with Gasteiger partial charge in [-0.15, -0.1) is 5.10 Å². The van der Waals surface area contributed by atoms with Crippen molar-refractivity contribution >= 4 is 6.01 Å². The molecule has 2 saturated heterocycles. The van der Waals surface area contributed by atoms with Gasteiger partial charge in [0.15, 0.2) is 0 Å². The Kier molecular flexibility index (Phi) is 3.46.